The molecule has 1 saturated heterocycles. The summed E-state index contributed by atoms with van der Waals surface area (Å²) in [5.74, 6) is 2.02. The first-order valence-electron chi connectivity index (χ1n) is 9.83. The molecule has 0 radical (unpaired) electrons. The third kappa shape index (κ3) is 4.13. The van der Waals surface area contributed by atoms with Crippen molar-refractivity contribution < 1.29 is 8.94 Å². The zero-order valence-electron chi connectivity index (χ0n) is 16.8. The number of piperidine rings is 1. The van der Waals surface area contributed by atoms with E-state index in [0.29, 0.717) is 23.6 Å². The Morgan fingerprint density at radius 2 is 2.03 bits per heavy atom. The summed E-state index contributed by atoms with van der Waals surface area (Å²) in [6, 6.07) is 6.62. The maximum atomic E-state index is 7.59. The van der Waals surface area contributed by atoms with Crippen LogP contribution in [0.15, 0.2) is 27.1 Å². The number of aryl methyl sites for hydroxylation is 1. The van der Waals surface area contributed by atoms with Gasteiger partial charge in [0.1, 0.15) is 0 Å². The highest BCUT2D eigenvalue weighted by molar-refractivity contribution is 5.87. The van der Waals surface area contributed by atoms with Gasteiger partial charge in [-0.05, 0) is 32.8 Å². The molecule has 9 heteroatoms. The molecule has 0 spiro atoms. The fraction of sp³-hybridized carbons (Fsp3) is 0.450. The van der Waals surface area contributed by atoms with Crippen LogP contribution in [0, 0.1) is 12.3 Å². The van der Waals surface area contributed by atoms with E-state index >= 15 is 0 Å². The molecule has 1 aliphatic heterocycles. The number of hydrogen-bond donors (Lipinski definition) is 2. The molecular weight excluding hydrogens is 370 g/mol. The summed E-state index contributed by atoms with van der Waals surface area (Å²) < 4.78 is 11.1. The number of aromatic nitrogens is 4. The number of anilines is 2. The van der Waals surface area contributed by atoms with Crippen LogP contribution in [-0.4, -0.2) is 45.7 Å². The first-order chi connectivity index (χ1) is 14.0. The number of benzene rings is 1. The molecule has 0 unspecified atom stereocenters. The van der Waals surface area contributed by atoms with Gasteiger partial charge in [0, 0.05) is 55.0 Å². The summed E-state index contributed by atoms with van der Waals surface area (Å²) in [6.07, 6.45) is 3.11. The van der Waals surface area contributed by atoms with E-state index in [0.717, 1.165) is 42.7 Å². The van der Waals surface area contributed by atoms with Crippen molar-refractivity contribution in [3.63, 3.8) is 0 Å². The molecule has 1 fully saturated rings. The van der Waals surface area contributed by atoms with Crippen LogP contribution in [0.5, 0.6) is 0 Å². The Morgan fingerprint density at radius 1 is 1.24 bits per heavy atom. The molecule has 0 bridgehead atoms. The molecule has 1 aromatic carbocycles. The van der Waals surface area contributed by atoms with Crippen molar-refractivity contribution in [3.8, 4) is 11.4 Å². The van der Waals surface area contributed by atoms with Crippen molar-refractivity contribution in [3.05, 3.63) is 35.5 Å². The molecule has 0 amide bonds. The van der Waals surface area contributed by atoms with Gasteiger partial charge in [-0.25, -0.2) is 0 Å². The second-order valence-corrected chi connectivity index (χ2v) is 7.57. The van der Waals surface area contributed by atoms with Crippen LogP contribution in [0.1, 0.15) is 50.0 Å². The first kappa shape index (κ1) is 19.1. The number of nitrogens with one attached hydrogen (secondary N) is 2. The van der Waals surface area contributed by atoms with E-state index in [-0.39, 0.29) is 12.0 Å². The van der Waals surface area contributed by atoms with Crippen LogP contribution in [0.3, 0.4) is 0 Å². The maximum Gasteiger partial charge on any atom is 0.318 e. The molecule has 29 heavy (non-hydrogen) atoms. The fourth-order valence-corrected chi connectivity index (χ4v) is 3.51. The van der Waals surface area contributed by atoms with Gasteiger partial charge in [0.25, 0.3) is 0 Å². The van der Waals surface area contributed by atoms with Gasteiger partial charge in [0.2, 0.25) is 17.6 Å². The average Bonchev–Trinajstić information content (AvgIpc) is 3.37. The molecule has 0 atom stereocenters. The van der Waals surface area contributed by atoms with Gasteiger partial charge in [0.15, 0.2) is 0 Å². The van der Waals surface area contributed by atoms with E-state index in [9.17, 15) is 0 Å². The molecule has 152 valence electrons. The van der Waals surface area contributed by atoms with Gasteiger partial charge < -0.3 is 24.6 Å². The zero-order chi connectivity index (χ0) is 20.4. The van der Waals surface area contributed by atoms with Gasteiger partial charge >= 0.3 is 6.01 Å². The summed E-state index contributed by atoms with van der Waals surface area (Å²) in [5.41, 5.74) is 2.59. The van der Waals surface area contributed by atoms with Gasteiger partial charge in [-0.15, -0.1) is 5.10 Å². The second-order valence-electron chi connectivity index (χ2n) is 7.57. The number of hydrogen-bond acceptors (Lipinski definition) is 9. The van der Waals surface area contributed by atoms with E-state index < -0.39 is 0 Å². The predicted octanol–water partition coefficient (Wildman–Crippen LogP) is 3.63. The normalized spacial score (nSPS) is 15.1. The third-order valence-electron chi connectivity index (χ3n) is 4.98. The van der Waals surface area contributed by atoms with Crippen molar-refractivity contribution in [2.75, 3.05) is 23.3 Å². The molecule has 0 saturated carbocycles. The van der Waals surface area contributed by atoms with Crippen LogP contribution in [-0.2, 0) is 0 Å². The topological polar surface area (TPSA) is 117 Å². The monoisotopic (exact) mass is 395 g/mol. The molecule has 9 nitrogen and oxygen atoms in total. The van der Waals surface area contributed by atoms with Crippen molar-refractivity contribution in [2.24, 2.45) is 0 Å². The van der Waals surface area contributed by atoms with Crippen molar-refractivity contribution in [1.82, 2.24) is 20.3 Å². The Bertz CT molecular complexity index is 986. The Hall–Kier alpha value is -3.23. The quantitative estimate of drug-likeness (QED) is 0.608. The summed E-state index contributed by atoms with van der Waals surface area (Å²) in [5, 5.41) is 23.1. The summed E-state index contributed by atoms with van der Waals surface area (Å²) in [6.45, 7) is 7.53. The highest BCUT2D eigenvalue weighted by atomic mass is 16.5. The number of nitrogens with zero attached hydrogens (tertiary/aromatic N) is 5. The lowest BCUT2D eigenvalue weighted by molar-refractivity contribution is 0.326. The summed E-state index contributed by atoms with van der Waals surface area (Å²) in [7, 11) is 0. The maximum absolute atomic E-state index is 7.59. The molecule has 3 heterocycles. The van der Waals surface area contributed by atoms with Crippen LogP contribution in [0.2, 0.25) is 0 Å². The Labute approximate surface area is 169 Å². The lowest BCUT2D eigenvalue weighted by Gasteiger charge is -2.28. The molecule has 2 aromatic heterocycles. The zero-order valence-corrected chi connectivity index (χ0v) is 16.8. The molecule has 3 aromatic rings. The first-order valence-corrected chi connectivity index (χ1v) is 9.83. The minimum atomic E-state index is 0.214. The van der Waals surface area contributed by atoms with Crippen molar-refractivity contribution >= 4 is 17.9 Å². The van der Waals surface area contributed by atoms with Crippen LogP contribution in [0.4, 0.5) is 11.7 Å². The molecule has 0 aliphatic carbocycles. The van der Waals surface area contributed by atoms with Crippen molar-refractivity contribution in [2.45, 2.75) is 45.6 Å². The van der Waals surface area contributed by atoms with Gasteiger partial charge in [0.05, 0.1) is 0 Å². The largest absolute Gasteiger partial charge is 0.408 e. The Balaban J connectivity index is 1.47. The van der Waals surface area contributed by atoms with Gasteiger partial charge in [-0.3, -0.25) is 0 Å². The lowest BCUT2D eigenvalue weighted by Crippen LogP contribution is -2.33. The third-order valence-corrected chi connectivity index (χ3v) is 4.98. The van der Waals surface area contributed by atoms with Crippen LogP contribution in [0.25, 0.3) is 11.4 Å². The van der Waals surface area contributed by atoms with E-state index in [1.54, 1.807) is 6.92 Å². The van der Waals surface area contributed by atoms with Crippen molar-refractivity contribution in [1.29, 1.82) is 5.41 Å². The van der Waals surface area contributed by atoms with E-state index in [1.165, 1.54) is 6.21 Å². The standard InChI is InChI=1S/C20H25N7O2/c1-12(2)22-17-10-15(4-5-16(17)11-21)18-23-19(29-26-18)14-6-8-27(9-7-14)20-25-24-13(3)28-20/h4-5,10-12,14,21-22H,6-9H2,1-3H3. The van der Waals surface area contributed by atoms with Crippen LogP contribution < -0.4 is 10.2 Å². The van der Waals surface area contributed by atoms with E-state index in [1.807, 2.05) is 18.2 Å². The van der Waals surface area contributed by atoms with Crippen LogP contribution >= 0.6 is 0 Å². The number of rotatable bonds is 6. The molecule has 1 aliphatic rings. The smallest absolute Gasteiger partial charge is 0.318 e. The lowest BCUT2D eigenvalue weighted by atomic mass is 9.97. The Morgan fingerprint density at radius 3 is 2.69 bits per heavy atom. The Kier molecular flexibility index (Phi) is 5.28. The van der Waals surface area contributed by atoms with Gasteiger partial charge in [-0.1, -0.05) is 22.4 Å². The summed E-state index contributed by atoms with van der Waals surface area (Å²) >= 11 is 0. The summed E-state index contributed by atoms with van der Waals surface area (Å²) in [4.78, 5) is 6.74. The highest BCUT2D eigenvalue weighted by Crippen LogP contribution is 2.31. The van der Waals surface area contributed by atoms with Gasteiger partial charge in [-0.2, -0.15) is 4.98 Å². The minimum Gasteiger partial charge on any atom is -0.408 e. The molecular formula is C20H25N7O2. The van der Waals surface area contributed by atoms with E-state index in [2.05, 4.69) is 44.4 Å². The second kappa shape index (κ2) is 8.02. The molecule has 4 rings (SSSR count). The highest BCUT2D eigenvalue weighted by Gasteiger charge is 2.27. The van der Waals surface area contributed by atoms with E-state index in [4.69, 9.17) is 14.3 Å². The SMILES string of the molecule is Cc1nnc(N2CCC(c3nc(-c4ccc(C=N)c(NC(C)C)c4)no3)CC2)o1. The minimum absolute atomic E-state index is 0.214. The molecule has 2 N–H and O–H groups in total. The predicted molar refractivity (Wildman–Crippen MR) is 110 cm³/mol. The fourth-order valence-electron chi connectivity index (χ4n) is 3.51. The average molecular weight is 395 g/mol.